The van der Waals surface area contributed by atoms with Gasteiger partial charge in [0.1, 0.15) is 0 Å². The number of carbonyl (C=O) groups excluding carboxylic acids is 1. The third kappa shape index (κ3) is 3.47. The van der Waals surface area contributed by atoms with E-state index in [9.17, 15) is 4.79 Å². The number of rotatable bonds is 5. The van der Waals surface area contributed by atoms with Gasteiger partial charge in [-0.15, -0.1) is 0 Å². The van der Waals surface area contributed by atoms with E-state index in [0.29, 0.717) is 12.0 Å². The van der Waals surface area contributed by atoms with Gasteiger partial charge in [0.05, 0.1) is 12.6 Å². The Morgan fingerprint density at radius 3 is 2.80 bits per heavy atom. The van der Waals surface area contributed by atoms with E-state index in [4.69, 9.17) is 4.74 Å². The van der Waals surface area contributed by atoms with Crippen LogP contribution < -0.4 is 10.6 Å². The highest BCUT2D eigenvalue weighted by Crippen LogP contribution is 2.19. The van der Waals surface area contributed by atoms with Crippen molar-refractivity contribution in [3.8, 4) is 0 Å². The molecule has 0 radical (unpaired) electrons. The van der Waals surface area contributed by atoms with Crippen LogP contribution in [0.5, 0.6) is 0 Å². The minimum absolute atomic E-state index is 0.0485. The molecule has 2 N–H and O–H groups in total. The Hall–Kier alpha value is -0.610. The number of ether oxygens (including phenoxy) is 1. The normalized spacial score (nSPS) is 24.9. The van der Waals surface area contributed by atoms with Crippen molar-refractivity contribution in [2.75, 3.05) is 20.3 Å². The van der Waals surface area contributed by atoms with Crippen LogP contribution in [0, 0.1) is 5.92 Å². The van der Waals surface area contributed by atoms with Gasteiger partial charge in [-0.25, -0.2) is 0 Å². The van der Waals surface area contributed by atoms with Crippen LogP contribution in [0.25, 0.3) is 0 Å². The first-order valence-electron chi connectivity index (χ1n) is 5.74. The molecule has 1 saturated heterocycles. The van der Waals surface area contributed by atoms with Crippen LogP contribution in [0.1, 0.15) is 26.7 Å². The molecule has 4 nitrogen and oxygen atoms in total. The van der Waals surface area contributed by atoms with E-state index in [1.54, 1.807) is 7.05 Å². The maximum atomic E-state index is 11.4. The Labute approximate surface area is 91.8 Å². The second-order valence-electron chi connectivity index (χ2n) is 4.14. The van der Waals surface area contributed by atoms with Crippen molar-refractivity contribution in [2.45, 2.75) is 38.8 Å². The van der Waals surface area contributed by atoms with Gasteiger partial charge in [-0.05, 0) is 25.7 Å². The van der Waals surface area contributed by atoms with Crippen molar-refractivity contribution >= 4 is 5.91 Å². The zero-order valence-electron chi connectivity index (χ0n) is 9.88. The molecular weight excluding hydrogens is 192 g/mol. The molecule has 2 unspecified atom stereocenters. The molecule has 1 amide bonds. The zero-order valence-corrected chi connectivity index (χ0v) is 9.88. The van der Waals surface area contributed by atoms with Crippen LogP contribution in [0.2, 0.25) is 0 Å². The average Bonchev–Trinajstić information content (AvgIpc) is 2.77. The molecule has 4 heteroatoms. The highest BCUT2D eigenvalue weighted by molar-refractivity contribution is 5.80. The van der Waals surface area contributed by atoms with E-state index in [1.165, 1.54) is 0 Å². The van der Waals surface area contributed by atoms with Crippen molar-refractivity contribution in [1.29, 1.82) is 0 Å². The average molecular weight is 214 g/mol. The maximum absolute atomic E-state index is 11.4. The quantitative estimate of drug-likeness (QED) is 0.701. The lowest BCUT2D eigenvalue weighted by molar-refractivity contribution is -0.122. The number of hydrogen-bond donors (Lipinski definition) is 2. The molecular formula is C11H22N2O2. The van der Waals surface area contributed by atoms with Crippen molar-refractivity contribution < 1.29 is 9.53 Å². The summed E-state index contributed by atoms with van der Waals surface area (Å²) in [5, 5.41) is 6.02. The molecule has 1 aliphatic heterocycles. The van der Waals surface area contributed by atoms with E-state index >= 15 is 0 Å². The minimum Gasteiger partial charge on any atom is -0.381 e. The van der Waals surface area contributed by atoms with Crippen LogP contribution in [-0.4, -0.2) is 38.3 Å². The van der Waals surface area contributed by atoms with Gasteiger partial charge < -0.3 is 15.4 Å². The molecule has 0 aliphatic carbocycles. The zero-order chi connectivity index (χ0) is 11.3. The molecule has 1 heterocycles. The molecule has 88 valence electrons. The largest absolute Gasteiger partial charge is 0.381 e. The predicted molar refractivity (Wildman–Crippen MR) is 59.7 cm³/mol. The fourth-order valence-electron chi connectivity index (χ4n) is 2.07. The molecule has 1 fully saturated rings. The molecule has 0 aromatic heterocycles. The molecule has 0 aromatic carbocycles. The Kier molecular flexibility index (Phi) is 5.05. The predicted octanol–water partition coefficient (Wildman–Crippen LogP) is 0.526. The van der Waals surface area contributed by atoms with E-state index in [1.807, 2.05) is 6.92 Å². The van der Waals surface area contributed by atoms with Crippen LogP contribution in [0.15, 0.2) is 0 Å². The monoisotopic (exact) mass is 214 g/mol. The summed E-state index contributed by atoms with van der Waals surface area (Å²) in [7, 11) is 1.67. The number of hydrogen-bond acceptors (Lipinski definition) is 3. The van der Waals surface area contributed by atoms with Gasteiger partial charge in [-0.1, -0.05) is 6.92 Å². The first-order valence-corrected chi connectivity index (χ1v) is 5.74. The summed E-state index contributed by atoms with van der Waals surface area (Å²) < 4.78 is 5.37. The fourth-order valence-corrected chi connectivity index (χ4v) is 2.07. The van der Waals surface area contributed by atoms with Gasteiger partial charge in [0.25, 0.3) is 0 Å². The molecule has 1 aliphatic rings. The minimum atomic E-state index is -0.124. The summed E-state index contributed by atoms with van der Waals surface area (Å²) >= 11 is 0. The van der Waals surface area contributed by atoms with E-state index in [0.717, 1.165) is 26.1 Å². The van der Waals surface area contributed by atoms with Crippen molar-refractivity contribution in [1.82, 2.24) is 10.6 Å². The van der Waals surface area contributed by atoms with Crippen LogP contribution >= 0.6 is 0 Å². The lowest BCUT2D eigenvalue weighted by Gasteiger charge is -2.25. The second-order valence-corrected chi connectivity index (χ2v) is 4.14. The number of likely N-dealkylation sites (N-methyl/N-ethyl adjacent to an activating group) is 1. The third-order valence-electron chi connectivity index (χ3n) is 3.08. The first-order chi connectivity index (χ1) is 7.19. The lowest BCUT2D eigenvalue weighted by Crippen LogP contribution is -2.48. The van der Waals surface area contributed by atoms with Gasteiger partial charge in [0, 0.05) is 19.7 Å². The summed E-state index contributed by atoms with van der Waals surface area (Å²) in [6, 6.07) is 0.264. The summed E-state index contributed by atoms with van der Waals surface area (Å²) in [6.45, 7) is 5.73. The van der Waals surface area contributed by atoms with Gasteiger partial charge in [-0.3, -0.25) is 4.79 Å². The fraction of sp³-hybridized carbons (Fsp3) is 0.909. The first kappa shape index (κ1) is 12.5. The van der Waals surface area contributed by atoms with Crippen LogP contribution in [0.3, 0.4) is 0 Å². The Balaban J connectivity index is 2.41. The standard InChI is InChI=1S/C11H22N2O2/c1-4-10(9-5-6-15-7-9)13-8(2)11(14)12-3/h8-10,13H,4-7H2,1-3H3,(H,12,14)/t8-,9?,10?/m1/s1. The molecule has 3 atom stereocenters. The number of nitrogens with one attached hydrogen (secondary N) is 2. The molecule has 0 bridgehead atoms. The van der Waals surface area contributed by atoms with Gasteiger partial charge >= 0.3 is 0 Å². The number of carbonyl (C=O) groups is 1. The summed E-state index contributed by atoms with van der Waals surface area (Å²) in [4.78, 5) is 11.4. The Morgan fingerprint density at radius 2 is 2.33 bits per heavy atom. The van der Waals surface area contributed by atoms with Crippen LogP contribution in [0.4, 0.5) is 0 Å². The summed E-state index contributed by atoms with van der Waals surface area (Å²) in [6.07, 6.45) is 2.14. The highest BCUT2D eigenvalue weighted by atomic mass is 16.5. The second kappa shape index (κ2) is 6.08. The van der Waals surface area contributed by atoms with E-state index in [-0.39, 0.29) is 11.9 Å². The van der Waals surface area contributed by atoms with Gasteiger partial charge in [0.15, 0.2) is 0 Å². The molecule has 1 rings (SSSR count). The smallest absolute Gasteiger partial charge is 0.236 e. The SMILES string of the molecule is CCC(N[C@H](C)C(=O)NC)C1CCOC1. The molecule has 0 saturated carbocycles. The topological polar surface area (TPSA) is 50.4 Å². The van der Waals surface area contributed by atoms with Crippen molar-refractivity contribution in [2.24, 2.45) is 5.92 Å². The number of amides is 1. The summed E-state index contributed by atoms with van der Waals surface area (Å²) in [5.41, 5.74) is 0. The van der Waals surface area contributed by atoms with Crippen LogP contribution in [-0.2, 0) is 9.53 Å². The maximum Gasteiger partial charge on any atom is 0.236 e. The van der Waals surface area contributed by atoms with E-state index < -0.39 is 0 Å². The molecule has 0 aromatic rings. The summed E-state index contributed by atoms with van der Waals surface area (Å²) in [5.74, 6) is 0.606. The van der Waals surface area contributed by atoms with Gasteiger partial charge in [0.2, 0.25) is 5.91 Å². The lowest BCUT2D eigenvalue weighted by atomic mass is 9.96. The third-order valence-corrected chi connectivity index (χ3v) is 3.08. The Morgan fingerprint density at radius 1 is 1.60 bits per heavy atom. The Bertz CT molecular complexity index is 203. The van der Waals surface area contributed by atoms with Crippen molar-refractivity contribution in [3.05, 3.63) is 0 Å². The molecule has 0 spiro atoms. The molecule has 15 heavy (non-hydrogen) atoms. The highest BCUT2D eigenvalue weighted by Gasteiger charge is 2.26. The van der Waals surface area contributed by atoms with Crippen molar-refractivity contribution in [3.63, 3.8) is 0 Å². The van der Waals surface area contributed by atoms with E-state index in [2.05, 4.69) is 17.6 Å². The van der Waals surface area contributed by atoms with Gasteiger partial charge in [-0.2, -0.15) is 0 Å².